The first kappa shape index (κ1) is 29.9. The van der Waals surface area contributed by atoms with E-state index in [1.54, 1.807) is 6.07 Å². The maximum Gasteiger partial charge on any atom is 0.274 e. The Bertz CT molecular complexity index is 1670. The van der Waals surface area contributed by atoms with Gasteiger partial charge in [0.15, 0.2) is 0 Å². The summed E-state index contributed by atoms with van der Waals surface area (Å²) in [6.07, 6.45) is 3.61. The molecule has 3 heterocycles. The second-order valence-corrected chi connectivity index (χ2v) is 13.4. The lowest BCUT2D eigenvalue weighted by Gasteiger charge is -2.47. The molecule has 0 bridgehead atoms. The Morgan fingerprint density at radius 1 is 1.29 bits per heavy atom. The van der Waals surface area contributed by atoms with Crippen molar-refractivity contribution in [1.29, 1.82) is 5.41 Å². The molecule has 2 aromatic heterocycles. The number of amides is 1. The molecule has 14 nitrogen and oxygen atoms in total. The third-order valence-electron chi connectivity index (χ3n) is 6.90. The van der Waals surface area contributed by atoms with Gasteiger partial charge < -0.3 is 15.4 Å². The molecule has 2 atom stereocenters. The summed E-state index contributed by atoms with van der Waals surface area (Å²) >= 11 is 0. The van der Waals surface area contributed by atoms with Crippen molar-refractivity contribution in [2.45, 2.75) is 29.5 Å². The van der Waals surface area contributed by atoms with E-state index in [4.69, 9.17) is 10.1 Å². The van der Waals surface area contributed by atoms with Crippen molar-refractivity contribution in [3.8, 4) is 5.75 Å². The Hall–Kier alpha value is -4.09. The van der Waals surface area contributed by atoms with Crippen LogP contribution in [0.2, 0.25) is 0 Å². The van der Waals surface area contributed by atoms with Gasteiger partial charge in [-0.05, 0) is 37.3 Å². The quantitative estimate of drug-likeness (QED) is 0.277. The molecule has 0 saturated carbocycles. The molecular weight excluding hydrogens is 579 g/mol. The third-order valence-corrected chi connectivity index (χ3v) is 11.1. The van der Waals surface area contributed by atoms with Crippen molar-refractivity contribution in [2.24, 2.45) is 0 Å². The maximum absolute atomic E-state index is 15.5. The molecule has 3 aromatic rings. The minimum Gasteiger partial charge on any atom is -0.495 e. The van der Waals surface area contributed by atoms with E-state index in [9.17, 15) is 21.6 Å². The zero-order chi connectivity index (χ0) is 30.2. The molecule has 4 rings (SSSR count). The Balaban J connectivity index is 1.76. The highest BCUT2D eigenvalue weighted by atomic mass is 32.2. The highest BCUT2D eigenvalue weighted by Gasteiger charge is 2.54. The smallest absolute Gasteiger partial charge is 0.274 e. The minimum atomic E-state index is -4.40. The summed E-state index contributed by atoms with van der Waals surface area (Å²) in [6.45, 7) is 2.21. The molecule has 0 radical (unpaired) electrons. The van der Waals surface area contributed by atoms with Gasteiger partial charge in [0.25, 0.3) is 5.91 Å². The monoisotopic (exact) mass is 608 g/mol. The van der Waals surface area contributed by atoms with Crippen LogP contribution in [0.4, 0.5) is 10.1 Å². The van der Waals surface area contributed by atoms with E-state index in [0.29, 0.717) is 10.1 Å². The summed E-state index contributed by atoms with van der Waals surface area (Å²) in [7, 11) is -5.99. The number of ether oxygens (including phenoxy) is 1. The standard InChI is InChI=1S/C24H29FN8O6S2/c1-5-33(40(35,36)17-12-28-29-13-17)14-21-24(2,31-23(26)32(3)41(21,37)38)18-10-15(6-8-19(18)25)30-22(34)20-9-7-16(39-4)11-27-20/h6-13,21H,5,14H2,1-4H3,(H2,26,31)(H,28,29)(H,30,34)/t21-,24+/m1/s1. The number of benzene rings is 1. The van der Waals surface area contributed by atoms with Crippen molar-refractivity contribution in [3.05, 3.63) is 66.0 Å². The molecule has 220 valence electrons. The average molecular weight is 609 g/mol. The predicted molar refractivity (Wildman–Crippen MR) is 147 cm³/mol. The Morgan fingerprint density at radius 3 is 2.61 bits per heavy atom. The van der Waals surface area contributed by atoms with Gasteiger partial charge in [-0.3, -0.25) is 15.3 Å². The van der Waals surface area contributed by atoms with E-state index in [1.807, 2.05) is 0 Å². The zero-order valence-electron chi connectivity index (χ0n) is 22.5. The van der Waals surface area contributed by atoms with E-state index in [-0.39, 0.29) is 28.4 Å². The fourth-order valence-electron chi connectivity index (χ4n) is 4.48. The molecule has 1 fully saturated rings. The molecule has 17 heteroatoms. The Labute approximate surface area is 236 Å². The van der Waals surface area contributed by atoms with Gasteiger partial charge in [-0.1, -0.05) is 6.92 Å². The SMILES string of the molecule is CCN(C[C@@H]1[C@](C)(c2cc(NC(=O)c3ccc(OC)cn3)ccc2F)NC(=N)N(C)S1(=O)=O)S(=O)(=O)c1cn[nH]c1. The van der Waals surface area contributed by atoms with Gasteiger partial charge in [0.1, 0.15) is 27.4 Å². The number of aromatic amines is 1. The second-order valence-electron chi connectivity index (χ2n) is 9.30. The van der Waals surface area contributed by atoms with Gasteiger partial charge in [-0.15, -0.1) is 0 Å². The normalized spacial score (nSPS) is 20.5. The van der Waals surface area contributed by atoms with Crippen LogP contribution in [0.5, 0.6) is 5.75 Å². The Kier molecular flexibility index (Phi) is 8.06. The van der Waals surface area contributed by atoms with Gasteiger partial charge in [0, 0.05) is 37.6 Å². The fraction of sp³-hybridized carbons (Fsp3) is 0.333. The van der Waals surface area contributed by atoms with Crippen LogP contribution in [0.15, 0.2) is 53.8 Å². The van der Waals surface area contributed by atoms with Crippen LogP contribution in [0.1, 0.15) is 29.9 Å². The second kappa shape index (κ2) is 11.1. The molecule has 0 spiro atoms. The number of rotatable bonds is 9. The number of H-pyrrole nitrogens is 1. The van der Waals surface area contributed by atoms with Gasteiger partial charge in [0.05, 0.1) is 25.0 Å². The lowest BCUT2D eigenvalue weighted by Crippen LogP contribution is -2.68. The van der Waals surface area contributed by atoms with Crippen molar-refractivity contribution in [1.82, 2.24) is 29.1 Å². The highest BCUT2D eigenvalue weighted by Crippen LogP contribution is 2.38. The lowest BCUT2D eigenvalue weighted by molar-refractivity contribution is 0.102. The fourth-order valence-corrected chi connectivity index (χ4v) is 7.78. The number of hydrogen-bond acceptors (Lipinski definition) is 9. The number of methoxy groups -OCH3 is 1. The maximum atomic E-state index is 15.5. The summed E-state index contributed by atoms with van der Waals surface area (Å²) in [5.41, 5.74) is -1.89. The van der Waals surface area contributed by atoms with E-state index >= 15 is 4.39 Å². The van der Waals surface area contributed by atoms with Crippen molar-refractivity contribution in [3.63, 3.8) is 0 Å². The number of carbonyl (C=O) groups is 1. The number of sulfonamides is 2. The van der Waals surface area contributed by atoms with Crippen LogP contribution in [0.25, 0.3) is 0 Å². The number of hydrogen-bond donors (Lipinski definition) is 4. The molecule has 1 aliphatic heterocycles. The van der Waals surface area contributed by atoms with E-state index in [0.717, 1.165) is 29.8 Å². The van der Waals surface area contributed by atoms with Crippen molar-refractivity contribution in [2.75, 3.05) is 32.6 Å². The highest BCUT2D eigenvalue weighted by molar-refractivity contribution is 7.91. The molecule has 1 amide bonds. The average Bonchev–Trinajstić information content (AvgIpc) is 3.49. The summed E-state index contributed by atoms with van der Waals surface area (Å²) in [6, 6.07) is 6.55. The van der Waals surface area contributed by atoms with Crippen molar-refractivity contribution >= 4 is 37.6 Å². The molecule has 1 aromatic carbocycles. The number of carbonyl (C=O) groups excluding carboxylic acids is 1. The van der Waals surface area contributed by atoms with Gasteiger partial charge in [-0.25, -0.2) is 30.5 Å². The summed E-state index contributed by atoms with van der Waals surface area (Å²) < 4.78 is 76.1. The van der Waals surface area contributed by atoms with Gasteiger partial charge in [-0.2, -0.15) is 9.40 Å². The summed E-state index contributed by atoms with van der Waals surface area (Å²) in [5, 5.41) is 18.1. The van der Waals surface area contributed by atoms with Crippen LogP contribution in [-0.2, 0) is 25.6 Å². The molecule has 41 heavy (non-hydrogen) atoms. The number of anilines is 1. The van der Waals surface area contributed by atoms with E-state index < -0.39 is 55.1 Å². The first-order chi connectivity index (χ1) is 19.2. The number of pyridine rings is 1. The van der Waals surface area contributed by atoms with Crippen LogP contribution >= 0.6 is 0 Å². The lowest BCUT2D eigenvalue weighted by atomic mass is 9.87. The summed E-state index contributed by atoms with van der Waals surface area (Å²) in [5.74, 6) is -1.55. The molecule has 4 N–H and O–H groups in total. The topological polar surface area (TPSA) is 191 Å². The van der Waals surface area contributed by atoms with Gasteiger partial charge in [0.2, 0.25) is 26.0 Å². The van der Waals surface area contributed by atoms with Crippen LogP contribution in [-0.4, -0.2) is 85.0 Å². The molecule has 0 unspecified atom stereocenters. The van der Waals surface area contributed by atoms with Crippen LogP contribution < -0.4 is 15.4 Å². The molecule has 0 aliphatic carbocycles. The molecule has 1 aliphatic rings. The van der Waals surface area contributed by atoms with E-state index in [2.05, 4.69) is 25.8 Å². The molecule has 1 saturated heterocycles. The number of guanidine groups is 1. The minimum absolute atomic E-state index is 0.0468. The zero-order valence-corrected chi connectivity index (χ0v) is 24.2. The number of halogens is 1. The summed E-state index contributed by atoms with van der Waals surface area (Å²) in [4.78, 5) is 16.6. The molecular formula is C24H29FN8O6S2. The number of aromatic nitrogens is 3. The van der Waals surface area contributed by atoms with E-state index in [1.165, 1.54) is 45.4 Å². The first-order valence-electron chi connectivity index (χ1n) is 12.2. The number of nitrogens with zero attached hydrogens (tertiary/aromatic N) is 4. The van der Waals surface area contributed by atoms with Crippen LogP contribution in [0, 0.1) is 11.2 Å². The van der Waals surface area contributed by atoms with Crippen LogP contribution in [0.3, 0.4) is 0 Å². The first-order valence-corrected chi connectivity index (χ1v) is 15.1. The van der Waals surface area contributed by atoms with Crippen molar-refractivity contribution < 1.29 is 30.8 Å². The Morgan fingerprint density at radius 2 is 2.02 bits per heavy atom. The van der Waals surface area contributed by atoms with Gasteiger partial charge >= 0.3 is 0 Å². The third kappa shape index (κ3) is 5.47. The predicted octanol–water partition coefficient (Wildman–Crippen LogP) is 1.30. The largest absolute Gasteiger partial charge is 0.495 e. The number of nitrogens with one attached hydrogen (secondary N) is 4.